The lowest BCUT2D eigenvalue weighted by molar-refractivity contribution is 0.545. The topological polar surface area (TPSA) is 0 Å². The highest BCUT2D eigenvalue weighted by Crippen LogP contribution is 2.12. The summed E-state index contributed by atoms with van der Waals surface area (Å²) in [5, 5.41) is 0. The number of rotatable bonds is 14. The second-order valence-electron chi connectivity index (χ2n) is 5.56. The summed E-state index contributed by atoms with van der Waals surface area (Å²) in [6.45, 7) is 4.50. The van der Waals surface area contributed by atoms with Gasteiger partial charge in [-0.1, -0.05) is 96.6 Å². The maximum absolute atomic E-state index is 2.34. The molecule has 0 unspecified atom stereocenters. The van der Waals surface area contributed by atoms with Crippen LogP contribution in [0.3, 0.4) is 0 Å². The third-order valence-corrected chi connectivity index (χ3v) is 3.63. The Morgan fingerprint density at radius 1 is 0.500 bits per heavy atom. The van der Waals surface area contributed by atoms with Gasteiger partial charge < -0.3 is 0 Å². The van der Waals surface area contributed by atoms with Gasteiger partial charge in [0.05, 0.1) is 0 Å². The molecule has 0 spiro atoms. The Bertz CT molecular complexity index is 157. The summed E-state index contributed by atoms with van der Waals surface area (Å²) in [6.07, 6.45) is 24.5. The highest BCUT2D eigenvalue weighted by molar-refractivity contribution is 4.79. The molecule has 0 saturated heterocycles. The van der Waals surface area contributed by atoms with Gasteiger partial charge in [0.2, 0.25) is 0 Å². The van der Waals surface area contributed by atoms with Crippen molar-refractivity contribution in [1.82, 2.24) is 0 Å². The second-order valence-corrected chi connectivity index (χ2v) is 5.56. The van der Waals surface area contributed by atoms with Crippen LogP contribution in [-0.4, -0.2) is 0 Å². The van der Waals surface area contributed by atoms with Crippen molar-refractivity contribution in [2.75, 3.05) is 0 Å². The van der Waals surface area contributed by atoms with E-state index in [-0.39, 0.29) is 0 Å². The molecular weight excluding hydrogens is 216 g/mol. The standard InChI is InChI=1S/C18H36/c1-3-5-7-9-11-13-15-17-18-16-14-12-10-8-6-4-2/h5,7H,3-4,6,8-18H2,1-2H3/b7-5-. The van der Waals surface area contributed by atoms with Crippen molar-refractivity contribution in [3.63, 3.8) is 0 Å². The number of hydrogen-bond donors (Lipinski definition) is 0. The summed E-state index contributed by atoms with van der Waals surface area (Å²) in [5.41, 5.74) is 0. The smallest absolute Gasteiger partial charge is 0.0351 e. The Morgan fingerprint density at radius 3 is 1.39 bits per heavy atom. The Morgan fingerprint density at radius 2 is 0.944 bits per heavy atom. The van der Waals surface area contributed by atoms with E-state index in [1.165, 1.54) is 89.9 Å². The third kappa shape index (κ3) is 15.7. The minimum absolute atomic E-state index is 1.19. The fourth-order valence-corrected chi connectivity index (χ4v) is 2.39. The van der Waals surface area contributed by atoms with Gasteiger partial charge in [-0.15, -0.1) is 0 Å². The SMILES string of the molecule is CC/C=C\CCCCCCCCCCCCCC. The largest absolute Gasteiger partial charge is 0.0888 e. The fourth-order valence-electron chi connectivity index (χ4n) is 2.39. The minimum Gasteiger partial charge on any atom is -0.0888 e. The molecular formula is C18H36. The van der Waals surface area contributed by atoms with Crippen molar-refractivity contribution in [1.29, 1.82) is 0 Å². The summed E-state index contributed by atoms with van der Waals surface area (Å²) < 4.78 is 0. The molecule has 0 aliphatic carbocycles. The average Bonchev–Trinajstić information content (AvgIpc) is 2.39. The van der Waals surface area contributed by atoms with E-state index in [2.05, 4.69) is 26.0 Å². The van der Waals surface area contributed by atoms with Crippen LogP contribution >= 0.6 is 0 Å². The Balaban J connectivity index is 2.92. The summed E-state index contributed by atoms with van der Waals surface area (Å²) in [4.78, 5) is 0. The van der Waals surface area contributed by atoms with Crippen LogP contribution in [0.25, 0.3) is 0 Å². The van der Waals surface area contributed by atoms with E-state index in [0.717, 1.165) is 0 Å². The minimum atomic E-state index is 1.19. The first-order valence-electron chi connectivity index (χ1n) is 8.56. The van der Waals surface area contributed by atoms with Crippen molar-refractivity contribution in [3.05, 3.63) is 12.2 Å². The Labute approximate surface area is 116 Å². The van der Waals surface area contributed by atoms with E-state index >= 15 is 0 Å². The number of unbranched alkanes of at least 4 members (excludes halogenated alkanes) is 12. The Hall–Kier alpha value is -0.260. The van der Waals surface area contributed by atoms with Crippen LogP contribution < -0.4 is 0 Å². The molecule has 0 aromatic heterocycles. The molecule has 0 atom stereocenters. The van der Waals surface area contributed by atoms with Crippen molar-refractivity contribution in [3.8, 4) is 0 Å². The van der Waals surface area contributed by atoms with Gasteiger partial charge in [0.15, 0.2) is 0 Å². The van der Waals surface area contributed by atoms with E-state index in [1.807, 2.05) is 0 Å². The zero-order valence-electron chi connectivity index (χ0n) is 13.1. The molecule has 18 heavy (non-hydrogen) atoms. The Kier molecular flexibility index (Phi) is 16.5. The average molecular weight is 252 g/mol. The van der Waals surface area contributed by atoms with E-state index in [4.69, 9.17) is 0 Å². The predicted molar refractivity (Wildman–Crippen MR) is 85.1 cm³/mol. The van der Waals surface area contributed by atoms with Crippen LogP contribution in [0, 0.1) is 0 Å². The van der Waals surface area contributed by atoms with Gasteiger partial charge in [0, 0.05) is 0 Å². The van der Waals surface area contributed by atoms with Gasteiger partial charge in [0.25, 0.3) is 0 Å². The lowest BCUT2D eigenvalue weighted by Crippen LogP contribution is -1.82. The lowest BCUT2D eigenvalue weighted by Gasteiger charge is -2.02. The first-order valence-corrected chi connectivity index (χ1v) is 8.56. The fraction of sp³-hybridized carbons (Fsp3) is 0.889. The quantitative estimate of drug-likeness (QED) is 0.230. The van der Waals surface area contributed by atoms with Gasteiger partial charge in [-0.2, -0.15) is 0 Å². The summed E-state index contributed by atoms with van der Waals surface area (Å²) >= 11 is 0. The molecule has 0 bridgehead atoms. The van der Waals surface area contributed by atoms with Crippen LogP contribution in [0.2, 0.25) is 0 Å². The van der Waals surface area contributed by atoms with E-state index < -0.39 is 0 Å². The molecule has 0 aromatic carbocycles. The van der Waals surface area contributed by atoms with Gasteiger partial charge in [0.1, 0.15) is 0 Å². The monoisotopic (exact) mass is 252 g/mol. The van der Waals surface area contributed by atoms with Crippen LogP contribution in [0.4, 0.5) is 0 Å². The molecule has 0 nitrogen and oxygen atoms in total. The summed E-state index contributed by atoms with van der Waals surface area (Å²) in [7, 11) is 0. The summed E-state index contributed by atoms with van der Waals surface area (Å²) in [5.74, 6) is 0. The zero-order chi connectivity index (χ0) is 13.3. The number of hydrogen-bond acceptors (Lipinski definition) is 0. The van der Waals surface area contributed by atoms with Gasteiger partial charge in [-0.05, 0) is 19.3 Å². The molecule has 0 aromatic rings. The highest BCUT2D eigenvalue weighted by Gasteiger charge is 1.92. The van der Waals surface area contributed by atoms with Crippen molar-refractivity contribution < 1.29 is 0 Å². The molecule has 0 heteroatoms. The van der Waals surface area contributed by atoms with Gasteiger partial charge in [-0.25, -0.2) is 0 Å². The molecule has 0 amide bonds. The summed E-state index contributed by atoms with van der Waals surface area (Å²) in [6, 6.07) is 0. The van der Waals surface area contributed by atoms with Crippen molar-refractivity contribution in [2.45, 2.75) is 104 Å². The second kappa shape index (κ2) is 16.7. The van der Waals surface area contributed by atoms with Crippen LogP contribution in [0.15, 0.2) is 12.2 Å². The molecule has 0 aliphatic rings. The molecule has 108 valence electrons. The maximum atomic E-state index is 2.34. The molecule has 0 N–H and O–H groups in total. The van der Waals surface area contributed by atoms with Gasteiger partial charge in [-0.3, -0.25) is 0 Å². The molecule has 0 rings (SSSR count). The maximum Gasteiger partial charge on any atom is -0.0351 e. The third-order valence-electron chi connectivity index (χ3n) is 3.63. The highest BCUT2D eigenvalue weighted by atomic mass is 14.0. The molecule has 0 saturated carbocycles. The van der Waals surface area contributed by atoms with Crippen LogP contribution in [0.5, 0.6) is 0 Å². The van der Waals surface area contributed by atoms with Crippen LogP contribution in [-0.2, 0) is 0 Å². The predicted octanol–water partition coefficient (Wildman–Crippen LogP) is 7.04. The van der Waals surface area contributed by atoms with Crippen molar-refractivity contribution >= 4 is 0 Å². The first-order chi connectivity index (χ1) is 8.91. The molecule has 0 heterocycles. The zero-order valence-corrected chi connectivity index (χ0v) is 13.1. The van der Waals surface area contributed by atoms with E-state index in [0.29, 0.717) is 0 Å². The normalized spacial score (nSPS) is 11.4. The molecule has 0 radical (unpaired) electrons. The van der Waals surface area contributed by atoms with E-state index in [1.54, 1.807) is 0 Å². The van der Waals surface area contributed by atoms with E-state index in [9.17, 15) is 0 Å². The molecule has 0 fully saturated rings. The first kappa shape index (κ1) is 17.7. The van der Waals surface area contributed by atoms with Crippen LogP contribution in [0.1, 0.15) is 104 Å². The molecule has 0 aliphatic heterocycles. The van der Waals surface area contributed by atoms with Crippen molar-refractivity contribution in [2.24, 2.45) is 0 Å². The number of allylic oxidation sites excluding steroid dienone is 2. The lowest BCUT2D eigenvalue weighted by atomic mass is 10.0. The van der Waals surface area contributed by atoms with Gasteiger partial charge >= 0.3 is 0 Å².